The van der Waals surface area contributed by atoms with E-state index in [1.54, 1.807) is 36.4 Å². The van der Waals surface area contributed by atoms with Crippen molar-refractivity contribution in [2.45, 2.75) is 0 Å². The summed E-state index contributed by atoms with van der Waals surface area (Å²) in [5, 5.41) is 9.93. The van der Waals surface area contributed by atoms with Crippen molar-refractivity contribution in [2.24, 2.45) is 0 Å². The van der Waals surface area contributed by atoms with Crippen molar-refractivity contribution in [3.8, 4) is 11.5 Å². The number of phenols is 1. The molecule has 6 nitrogen and oxygen atoms in total. The van der Waals surface area contributed by atoms with Crippen LogP contribution in [0.4, 0.5) is 5.69 Å². The molecule has 1 heterocycles. The van der Waals surface area contributed by atoms with Gasteiger partial charge in [0, 0.05) is 32.7 Å². The van der Waals surface area contributed by atoms with Crippen LogP contribution in [0.3, 0.4) is 0 Å². The summed E-state index contributed by atoms with van der Waals surface area (Å²) in [4.78, 5) is 4.21. The maximum atomic E-state index is 12.1. The fourth-order valence-electron chi connectivity index (χ4n) is 2.85. The van der Waals surface area contributed by atoms with Crippen LogP contribution in [0.15, 0.2) is 54.6 Å². The van der Waals surface area contributed by atoms with Crippen molar-refractivity contribution in [1.82, 2.24) is 4.90 Å². The molecule has 1 N–H and O–H groups in total. The average molecular weight is 362 g/mol. The Labute approximate surface area is 148 Å². The van der Waals surface area contributed by atoms with Crippen LogP contribution in [-0.4, -0.2) is 56.9 Å². The molecule has 1 aliphatic rings. The Morgan fingerprint density at radius 3 is 2.24 bits per heavy atom. The van der Waals surface area contributed by atoms with Crippen molar-refractivity contribution in [2.75, 3.05) is 43.4 Å². The molecule has 1 aliphatic heterocycles. The predicted octanol–water partition coefficient (Wildman–Crippen LogP) is 1.92. The molecular weight excluding hydrogens is 340 g/mol. The Morgan fingerprint density at radius 1 is 0.920 bits per heavy atom. The van der Waals surface area contributed by atoms with Crippen LogP contribution in [0.5, 0.6) is 11.5 Å². The third-order valence-electron chi connectivity index (χ3n) is 4.22. The minimum absolute atomic E-state index is 0.0432. The molecule has 2 aromatic rings. The van der Waals surface area contributed by atoms with E-state index in [9.17, 15) is 13.5 Å². The number of hydrogen-bond acceptors (Lipinski definition) is 6. The maximum Gasteiger partial charge on any atom is 0.310 e. The van der Waals surface area contributed by atoms with Gasteiger partial charge in [-0.3, -0.25) is 4.90 Å². The summed E-state index contributed by atoms with van der Waals surface area (Å²) in [6.07, 6.45) is 0. The second-order valence-electron chi connectivity index (χ2n) is 5.98. The molecule has 0 saturated carbocycles. The summed E-state index contributed by atoms with van der Waals surface area (Å²) in [5.41, 5.74) is 0.821. The average Bonchev–Trinajstić information content (AvgIpc) is 2.62. The predicted molar refractivity (Wildman–Crippen MR) is 97.6 cm³/mol. The maximum absolute atomic E-state index is 12.1. The van der Waals surface area contributed by atoms with Crippen LogP contribution < -0.4 is 9.08 Å². The van der Waals surface area contributed by atoms with E-state index in [1.807, 2.05) is 18.2 Å². The van der Waals surface area contributed by atoms with Gasteiger partial charge in [-0.2, -0.15) is 8.42 Å². The molecule has 2 aromatic carbocycles. The molecule has 7 heteroatoms. The van der Waals surface area contributed by atoms with Gasteiger partial charge >= 0.3 is 10.1 Å². The highest BCUT2D eigenvalue weighted by Gasteiger charge is 2.21. The fraction of sp³-hybridized carbons (Fsp3) is 0.333. The largest absolute Gasteiger partial charge is 0.506 e. The summed E-state index contributed by atoms with van der Waals surface area (Å²) < 4.78 is 29.3. The lowest BCUT2D eigenvalue weighted by Crippen LogP contribution is -2.47. The van der Waals surface area contributed by atoms with Gasteiger partial charge in [-0.05, 0) is 24.3 Å². The standard InChI is InChI=1S/C18H22N2O4S/c21-18-9-5-4-8-17(18)20-12-10-19(11-13-20)14-15-25(22,23)24-16-6-2-1-3-7-16/h1-9,21H,10-15H2. The van der Waals surface area contributed by atoms with Gasteiger partial charge in [-0.15, -0.1) is 0 Å². The molecular formula is C18H22N2O4S. The smallest absolute Gasteiger partial charge is 0.310 e. The van der Waals surface area contributed by atoms with Crippen molar-refractivity contribution < 1.29 is 17.7 Å². The van der Waals surface area contributed by atoms with Crippen LogP contribution in [-0.2, 0) is 10.1 Å². The van der Waals surface area contributed by atoms with Crippen molar-refractivity contribution >= 4 is 15.8 Å². The topological polar surface area (TPSA) is 70.1 Å². The highest BCUT2D eigenvalue weighted by Crippen LogP contribution is 2.27. The number of anilines is 1. The van der Waals surface area contributed by atoms with E-state index >= 15 is 0 Å². The number of nitrogens with zero attached hydrogens (tertiary/aromatic N) is 2. The molecule has 1 saturated heterocycles. The minimum Gasteiger partial charge on any atom is -0.506 e. The Hall–Kier alpha value is -2.25. The van der Waals surface area contributed by atoms with Gasteiger partial charge in [0.25, 0.3) is 0 Å². The molecule has 1 fully saturated rings. The van der Waals surface area contributed by atoms with E-state index in [0.717, 1.165) is 31.9 Å². The van der Waals surface area contributed by atoms with Crippen LogP contribution >= 0.6 is 0 Å². The van der Waals surface area contributed by atoms with Gasteiger partial charge in [0.2, 0.25) is 0 Å². The fourth-order valence-corrected chi connectivity index (χ4v) is 3.82. The number of benzene rings is 2. The van der Waals surface area contributed by atoms with E-state index in [2.05, 4.69) is 9.80 Å². The summed E-state index contributed by atoms with van der Waals surface area (Å²) in [6, 6.07) is 15.8. The zero-order valence-corrected chi connectivity index (χ0v) is 14.7. The first kappa shape index (κ1) is 17.6. The molecule has 0 unspecified atom stereocenters. The van der Waals surface area contributed by atoms with Gasteiger partial charge in [0.15, 0.2) is 0 Å². The molecule has 0 amide bonds. The monoisotopic (exact) mass is 362 g/mol. The van der Waals surface area contributed by atoms with Crippen molar-refractivity contribution in [3.05, 3.63) is 54.6 Å². The molecule has 0 radical (unpaired) electrons. The van der Waals surface area contributed by atoms with E-state index in [4.69, 9.17) is 4.18 Å². The molecule has 0 spiro atoms. The lowest BCUT2D eigenvalue weighted by molar-refractivity contribution is 0.269. The molecule has 0 atom stereocenters. The summed E-state index contributed by atoms with van der Waals surface area (Å²) >= 11 is 0. The Kier molecular flexibility index (Phi) is 5.45. The first-order chi connectivity index (χ1) is 12.0. The first-order valence-electron chi connectivity index (χ1n) is 8.26. The highest BCUT2D eigenvalue weighted by molar-refractivity contribution is 7.87. The zero-order valence-electron chi connectivity index (χ0n) is 13.9. The number of phenolic OH excluding ortho intramolecular Hbond substituents is 1. The third-order valence-corrected chi connectivity index (χ3v) is 5.35. The summed E-state index contributed by atoms with van der Waals surface area (Å²) in [6.45, 7) is 3.42. The Morgan fingerprint density at radius 2 is 1.56 bits per heavy atom. The van der Waals surface area contributed by atoms with Gasteiger partial charge in [0.05, 0.1) is 11.4 Å². The van der Waals surface area contributed by atoms with E-state index in [1.165, 1.54) is 0 Å². The number of hydrogen-bond donors (Lipinski definition) is 1. The number of aromatic hydroxyl groups is 1. The van der Waals surface area contributed by atoms with Gasteiger partial charge in [0.1, 0.15) is 11.5 Å². The molecule has 0 aromatic heterocycles. The number of para-hydroxylation sites is 3. The van der Waals surface area contributed by atoms with Crippen LogP contribution in [0.2, 0.25) is 0 Å². The third kappa shape index (κ3) is 4.87. The molecule has 0 aliphatic carbocycles. The van der Waals surface area contributed by atoms with E-state index < -0.39 is 10.1 Å². The highest BCUT2D eigenvalue weighted by atomic mass is 32.2. The minimum atomic E-state index is -3.60. The number of rotatable bonds is 6. The van der Waals surface area contributed by atoms with Crippen molar-refractivity contribution in [1.29, 1.82) is 0 Å². The normalized spacial score (nSPS) is 15.9. The first-order valence-corrected chi connectivity index (χ1v) is 9.84. The SMILES string of the molecule is O=S(=O)(CCN1CCN(c2ccccc2O)CC1)Oc1ccccc1. The summed E-state index contributed by atoms with van der Waals surface area (Å²) in [5.74, 6) is 0.569. The Balaban J connectivity index is 1.48. The van der Waals surface area contributed by atoms with Crippen LogP contribution in [0.25, 0.3) is 0 Å². The number of piperazine rings is 1. The van der Waals surface area contributed by atoms with Crippen molar-refractivity contribution in [3.63, 3.8) is 0 Å². The summed E-state index contributed by atoms with van der Waals surface area (Å²) in [7, 11) is -3.60. The van der Waals surface area contributed by atoms with Crippen LogP contribution in [0, 0.1) is 0 Å². The molecule has 0 bridgehead atoms. The Bertz CT molecular complexity index is 788. The van der Waals surface area contributed by atoms with Gasteiger partial charge in [-0.1, -0.05) is 30.3 Å². The van der Waals surface area contributed by atoms with E-state index in [-0.39, 0.29) is 11.5 Å². The molecule has 134 valence electrons. The lowest BCUT2D eigenvalue weighted by Gasteiger charge is -2.36. The second kappa shape index (κ2) is 7.76. The quantitative estimate of drug-likeness (QED) is 0.792. The van der Waals surface area contributed by atoms with Gasteiger partial charge < -0.3 is 14.2 Å². The zero-order chi connectivity index (χ0) is 17.7. The van der Waals surface area contributed by atoms with E-state index in [0.29, 0.717) is 12.3 Å². The van der Waals surface area contributed by atoms with Crippen LogP contribution in [0.1, 0.15) is 0 Å². The molecule has 3 rings (SSSR count). The van der Waals surface area contributed by atoms with Gasteiger partial charge in [-0.25, -0.2) is 0 Å². The molecule has 25 heavy (non-hydrogen) atoms. The second-order valence-corrected chi connectivity index (χ2v) is 7.67. The lowest BCUT2D eigenvalue weighted by atomic mass is 10.2.